The Balaban J connectivity index is 5.45. The molecule has 0 fully saturated rings. The molecule has 0 saturated heterocycles. The summed E-state index contributed by atoms with van der Waals surface area (Å²) in [5.74, 6) is -3.16. The summed E-state index contributed by atoms with van der Waals surface area (Å²) in [5, 5.41) is 19.7. The van der Waals surface area contributed by atoms with E-state index in [1.165, 1.54) is 0 Å². The molecule has 3 N–H and O–H groups in total. The second-order valence-electron chi connectivity index (χ2n) is 5.76. The molecule has 0 aromatic heterocycles. The fraction of sp³-hybridized carbons (Fsp3) is 0.750. The van der Waals surface area contributed by atoms with Crippen molar-refractivity contribution in [3.05, 3.63) is 0 Å². The zero-order valence-corrected chi connectivity index (χ0v) is 12.2. The molecule has 0 bridgehead atoms. The highest BCUT2D eigenvalue weighted by Crippen LogP contribution is 2.21. The van der Waals surface area contributed by atoms with Crippen molar-refractivity contribution in [2.45, 2.75) is 25.0 Å². The fourth-order valence-electron chi connectivity index (χ4n) is 1.77. The molecule has 8 nitrogen and oxygen atoms in total. The number of ether oxygens (including phenoxy) is 1. The lowest BCUT2D eigenvalue weighted by atomic mass is 9.93. The van der Waals surface area contributed by atoms with Crippen molar-refractivity contribution in [2.75, 3.05) is 34.3 Å². The topological polar surface area (TPSA) is 130 Å². The zero-order valence-electron chi connectivity index (χ0n) is 12.2. The summed E-state index contributed by atoms with van der Waals surface area (Å²) in [6, 6.07) is -1.33. The Morgan fingerprint density at radius 3 is 2.15 bits per heavy atom. The van der Waals surface area contributed by atoms with Crippen LogP contribution in [0.3, 0.4) is 0 Å². The van der Waals surface area contributed by atoms with E-state index < -0.39 is 42.4 Å². The first kappa shape index (κ1) is 18.5. The van der Waals surface area contributed by atoms with Crippen LogP contribution in [-0.2, 0) is 19.1 Å². The van der Waals surface area contributed by atoms with Crippen LogP contribution in [0.1, 0.15) is 13.3 Å². The van der Waals surface area contributed by atoms with Gasteiger partial charge in [0.25, 0.3) is 0 Å². The van der Waals surface area contributed by atoms with Crippen molar-refractivity contribution in [3.8, 4) is 0 Å². The minimum Gasteiger partial charge on any atom is -0.550 e. The molecule has 0 unspecified atom stereocenters. The van der Waals surface area contributed by atoms with Crippen molar-refractivity contribution < 1.29 is 33.8 Å². The third-order valence-corrected chi connectivity index (χ3v) is 2.60. The van der Waals surface area contributed by atoms with Gasteiger partial charge in [0.15, 0.2) is 5.78 Å². The number of carboxylic acids is 1. The maximum absolute atomic E-state index is 11.8. The quantitative estimate of drug-likeness (QED) is 0.360. The lowest BCUT2D eigenvalue weighted by Crippen LogP contribution is -2.59. The molecule has 0 saturated carbocycles. The molecule has 0 amide bonds. The van der Waals surface area contributed by atoms with Gasteiger partial charge in [-0.2, -0.15) is 0 Å². The summed E-state index contributed by atoms with van der Waals surface area (Å²) in [6.45, 7) is 0.416. The highest BCUT2D eigenvalue weighted by Gasteiger charge is 2.45. The van der Waals surface area contributed by atoms with Crippen LogP contribution in [0.4, 0.5) is 0 Å². The minimum atomic E-state index is -1.86. The average Bonchev–Trinajstić information content (AvgIpc) is 2.23. The number of carboxylic acid groups (broad SMARTS) is 1. The van der Waals surface area contributed by atoms with Gasteiger partial charge in [0.2, 0.25) is 5.60 Å². The van der Waals surface area contributed by atoms with Crippen LogP contribution < -0.4 is 10.8 Å². The van der Waals surface area contributed by atoms with Crippen molar-refractivity contribution in [1.29, 1.82) is 0 Å². The van der Waals surface area contributed by atoms with Gasteiger partial charge in [0, 0.05) is 12.4 Å². The molecule has 0 aliphatic carbocycles. The number of rotatable bonds is 8. The highest BCUT2D eigenvalue weighted by molar-refractivity contribution is 5.92. The van der Waals surface area contributed by atoms with Crippen molar-refractivity contribution in [3.63, 3.8) is 0 Å². The van der Waals surface area contributed by atoms with Crippen LogP contribution in [0.2, 0.25) is 0 Å². The van der Waals surface area contributed by atoms with E-state index in [9.17, 15) is 19.5 Å². The third kappa shape index (κ3) is 5.64. The molecule has 0 aromatic rings. The molecule has 0 aliphatic rings. The number of nitrogens with two attached hydrogens (primary N) is 1. The third-order valence-electron chi connectivity index (χ3n) is 2.60. The summed E-state index contributed by atoms with van der Waals surface area (Å²) >= 11 is 0. The Morgan fingerprint density at radius 2 is 1.85 bits per heavy atom. The molecule has 0 radical (unpaired) electrons. The first-order chi connectivity index (χ1) is 8.93. The van der Waals surface area contributed by atoms with E-state index in [1.807, 2.05) is 0 Å². The largest absolute Gasteiger partial charge is 0.550 e. The minimum absolute atomic E-state index is 0.0554. The second-order valence-corrected chi connectivity index (χ2v) is 5.76. The van der Waals surface area contributed by atoms with Crippen LogP contribution in [0.25, 0.3) is 0 Å². The summed E-state index contributed by atoms with van der Waals surface area (Å²) in [7, 11) is 5.15. The smallest absolute Gasteiger partial charge is 0.326 e. The number of aliphatic hydroxyl groups excluding tert-OH is 1. The monoisotopic (exact) mass is 290 g/mol. The molecule has 0 heterocycles. The van der Waals surface area contributed by atoms with E-state index in [-0.39, 0.29) is 11.0 Å². The van der Waals surface area contributed by atoms with Crippen molar-refractivity contribution >= 4 is 17.7 Å². The lowest BCUT2D eigenvalue weighted by Gasteiger charge is -2.37. The summed E-state index contributed by atoms with van der Waals surface area (Å²) in [4.78, 5) is 34.4. The molecule has 8 heteroatoms. The van der Waals surface area contributed by atoms with Crippen LogP contribution in [0, 0.1) is 0 Å². The van der Waals surface area contributed by atoms with E-state index in [1.54, 1.807) is 21.1 Å². The van der Waals surface area contributed by atoms with Crippen LogP contribution >= 0.6 is 0 Å². The molecule has 2 atom stereocenters. The Morgan fingerprint density at radius 1 is 1.35 bits per heavy atom. The molecule has 0 aromatic carbocycles. The van der Waals surface area contributed by atoms with Crippen LogP contribution in [-0.4, -0.2) is 73.2 Å². The van der Waals surface area contributed by atoms with Gasteiger partial charge < -0.3 is 30.0 Å². The van der Waals surface area contributed by atoms with E-state index in [0.717, 1.165) is 6.92 Å². The normalized spacial score (nSPS) is 16.1. The first-order valence-electron chi connectivity index (χ1n) is 6.04. The fourth-order valence-corrected chi connectivity index (χ4v) is 1.77. The van der Waals surface area contributed by atoms with Gasteiger partial charge in [0.1, 0.15) is 12.6 Å². The van der Waals surface area contributed by atoms with E-state index in [4.69, 9.17) is 15.6 Å². The number of ketones is 1. The maximum Gasteiger partial charge on any atom is 0.326 e. The van der Waals surface area contributed by atoms with E-state index in [2.05, 4.69) is 0 Å². The Bertz CT molecular complexity index is 390. The number of aliphatic hydroxyl groups is 1. The number of esters is 1. The number of carbonyl (C=O) groups is 3. The predicted molar refractivity (Wildman–Crippen MR) is 67.1 cm³/mol. The number of nitrogens with zero attached hydrogens (tertiary/aromatic N) is 1. The highest BCUT2D eigenvalue weighted by atomic mass is 16.6. The molecule has 0 rings (SSSR count). The van der Waals surface area contributed by atoms with Crippen LogP contribution in [0.15, 0.2) is 0 Å². The zero-order chi connectivity index (χ0) is 16.1. The van der Waals surface area contributed by atoms with Gasteiger partial charge in [-0.3, -0.25) is 9.59 Å². The molecular formula is C12H22N2O6. The molecule has 20 heavy (non-hydrogen) atoms. The standard InChI is InChI=1S/C12H22N2O6/c1-8(16)12(5-10(17)18,7-14(2,3)4)20-11(19)9(13)6-15/h9,15H,5-7,13H2,1-4H3/t9-,12+/m0/s1. The molecular weight excluding hydrogens is 268 g/mol. The van der Waals surface area contributed by atoms with Crippen LogP contribution in [0.5, 0.6) is 0 Å². The lowest BCUT2D eigenvalue weighted by molar-refractivity contribution is -0.875. The van der Waals surface area contributed by atoms with Crippen molar-refractivity contribution in [2.24, 2.45) is 5.73 Å². The van der Waals surface area contributed by atoms with Gasteiger partial charge in [-0.15, -0.1) is 0 Å². The number of hydrogen-bond acceptors (Lipinski definition) is 7. The number of aliphatic carboxylic acids is 1. The number of Topliss-reactive ketones (excluding diaryl/α,β-unsaturated/α-hetero) is 1. The summed E-state index contributed by atoms with van der Waals surface area (Å²) in [6.07, 6.45) is -0.762. The Kier molecular flexibility index (Phi) is 6.27. The Hall–Kier alpha value is -1.51. The second kappa shape index (κ2) is 6.78. The Labute approximate surface area is 117 Å². The van der Waals surface area contributed by atoms with Crippen molar-refractivity contribution in [1.82, 2.24) is 0 Å². The van der Waals surface area contributed by atoms with Gasteiger partial charge in [-0.25, -0.2) is 0 Å². The van der Waals surface area contributed by atoms with Gasteiger partial charge in [-0.05, 0) is 6.92 Å². The van der Waals surface area contributed by atoms with E-state index >= 15 is 0 Å². The number of quaternary nitrogens is 1. The molecule has 0 spiro atoms. The SMILES string of the molecule is CC(=O)[C@@](CC(=O)[O-])(C[N+](C)(C)C)OC(=O)[C@@H](N)CO. The van der Waals surface area contributed by atoms with Gasteiger partial charge >= 0.3 is 5.97 Å². The average molecular weight is 290 g/mol. The predicted octanol–water partition coefficient (Wildman–Crippen LogP) is -2.98. The number of carbonyl (C=O) groups excluding carboxylic acids is 3. The molecule has 0 aliphatic heterocycles. The van der Waals surface area contributed by atoms with Gasteiger partial charge in [0.05, 0.1) is 27.7 Å². The van der Waals surface area contributed by atoms with Gasteiger partial charge in [-0.1, -0.05) is 0 Å². The number of hydrogen-bond donors (Lipinski definition) is 2. The summed E-state index contributed by atoms with van der Waals surface area (Å²) < 4.78 is 5.22. The van der Waals surface area contributed by atoms with E-state index in [0.29, 0.717) is 0 Å². The maximum atomic E-state index is 11.8. The summed E-state index contributed by atoms with van der Waals surface area (Å²) in [5.41, 5.74) is 3.45. The first-order valence-corrected chi connectivity index (χ1v) is 6.04. The number of likely N-dealkylation sites (N-methyl/N-ethyl adjacent to an activating group) is 1. The molecule has 116 valence electrons.